The zero-order valence-corrected chi connectivity index (χ0v) is 18.7. The summed E-state index contributed by atoms with van der Waals surface area (Å²) in [6, 6.07) is 20.6. The number of methoxy groups -OCH3 is 1. The van der Waals surface area contributed by atoms with Gasteiger partial charge in [0.2, 0.25) is 0 Å². The van der Waals surface area contributed by atoms with Crippen molar-refractivity contribution in [2.24, 2.45) is 0 Å². The second kappa shape index (κ2) is 9.20. The quantitative estimate of drug-likeness (QED) is 0.329. The molecule has 1 fully saturated rings. The first-order chi connectivity index (χ1) is 16.0. The number of amides is 1. The van der Waals surface area contributed by atoms with Gasteiger partial charge in [0.15, 0.2) is 0 Å². The Morgan fingerprint density at radius 1 is 1.00 bits per heavy atom. The number of carbonyl (C=O) groups excluding carboxylic acids is 2. The van der Waals surface area contributed by atoms with Gasteiger partial charge in [-0.1, -0.05) is 36.4 Å². The monoisotopic (exact) mass is 443 g/mol. The number of aryl methyl sites for hydroxylation is 1. The molecule has 1 N–H and O–H groups in total. The number of hydrogen-bond donors (Lipinski definition) is 1. The summed E-state index contributed by atoms with van der Waals surface area (Å²) < 4.78 is 11.0. The van der Waals surface area contributed by atoms with Gasteiger partial charge in [-0.2, -0.15) is 0 Å². The van der Waals surface area contributed by atoms with Crippen molar-refractivity contribution >= 4 is 23.1 Å². The van der Waals surface area contributed by atoms with E-state index in [1.54, 1.807) is 42.5 Å². The zero-order chi connectivity index (χ0) is 23.5. The van der Waals surface area contributed by atoms with E-state index in [0.717, 1.165) is 5.56 Å². The molecule has 1 unspecified atom stereocenters. The molecular formula is C27H25NO5. The largest absolute Gasteiger partial charge is 0.507 e. The number of benzene rings is 3. The third-order valence-corrected chi connectivity index (χ3v) is 5.57. The van der Waals surface area contributed by atoms with Gasteiger partial charge in [-0.3, -0.25) is 14.5 Å². The van der Waals surface area contributed by atoms with E-state index in [1.807, 2.05) is 44.2 Å². The number of rotatable bonds is 6. The van der Waals surface area contributed by atoms with Crippen molar-refractivity contribution in [2.45, 2.75) is 19.9 Å². The minimum Gasteiger partial charge on any atom is -0.507 e. The summed E-state index contributed by atoms with van der Waals surface area (Å²) >= 11 is 0. The van der Waals surface area contributed by atoms with E-state index < -0.39 is 17.7 Å². The second-order valence-electron chi connectivity index (χ2n) is 7.71. The highest BCUT2D eigenvalue weighted by atomic mass is 16.5. The van der Waals surface area contributed by atoms with E-state index >= 15 is 0 Å². The van der Waals surface area contributed by atoms with Gasteiger partial charge < -0.3 is 14.6 Å². The Labute approximate surface area is 192 Å². The fourth-order valence-electron chi connectivity index (χ4n) is 4.12. The average Bonchev–Trinajstić information content (AvgIpc) is 3.09. The molecule has 4 rings (SSSR count). The molecule has 1 atom stereocenters. The number of ether oxygens (including phenoxy) is 2. The molecule has 1 saturated heterocycles. The minimum absolute atomic E-state index is 0.000320. The van der Waals surface area contributed by atoms with Gasteiger partial charge in [-0.15, -0.1) is 0 Å². The van der Waals surface area contributed by atoms with Crippen molar-refractivity contribution < 1.29 is 24.2 Å². The molecular weight excluding hydrogens is 418 g/mol. The first-order valence-corrected chi connectivity index (χ1v) is 10.7. The standard InChI is InChI=1S/C27H25NO5/c1-4-33-20-12-8-10-18(16-20)24-23(25(29)21-13-5-6-14-22(21)32-3)26(30)27(31)28(24)19-11-7-9-17(2)15-19/h5-16,24,29H,4H2,1-3H3/b25-23+. The Bertz CT molecular complexity index is 1250. The van der Waals surface area contributed by atoms with E-state index in [0.29, 0.717) is 34.9 Å². The maximum absolute atomic E-state index is 13.3. The Hall–Kier alpha value is -4.06. The van der Waals surface area contributed by atoms with Crippen molar-refractivity contribution in [3.05, 3.63) is 95.1 Å². The highest BCUT2D eigenvalue weighted by Crippen LogP contribution is 2.43. The molecule has 3 aromatic rings. The molecule has 0 aliphatic carbocycles. The van der Waals surface area contributed by atoms with Crippen LogP contribution >= 0.6 is 0 Å². The van der Waals surface area contributed by atoms with E-state index in [1.165, 1.54) is 12.0 Å². The van der Waals surface area contributed by atoms with Crippen LogP contribution in [0, 0.1) is 6.92 Å². The third-order valence-electron chi connectivity index (χ3n) is 5.57. The van der Waals surface area contributed by atoms with Gasteiger partial charge in [-0.25, -0.2) is 0 Å². The smallest absolute Gasteiger partial charge is 0.300 e. The lowest BCUT2D eigenvalue weighted by molar-refractivity contribution is -0.132. The summed E-state index contributed by atoms with van der Waals surface area (Å²) in [5, 5.41) is 11.3. The SMILES string of the molecule is CCOc1cccc(C2/C(=C(\O)c3ccccc3OC)C(=O)C(=O)N2c2cccc(C)c2)c1. The van der Waals surface area contributed by atoms with E-state index in [4.69, 9.17) is 9.47 Å². The van der Waals surface area contributed by atoms with Crippen LogP contribution < -0.4 is 14.4 Å². The lowest BCUT2D eigenvalue weighted by Crippen LogP contribution is -2.29. The second-order valence-corrected chi connectivity index (χ2v) is 7.71. The lowest BCUT2D eigenvalue weighted by atomic mass is 9.94. The lowest BCUT2D eigenvalue weighted by Gasteiger charge is -2.26. The van der Waals surface area contributed by atoms with Crippen LogP contribution in [-0.2, 0) is 9.59 Å². The van der Waals surface area contributed by atoms with E-state index in [9.17, 15) is 14.7 Å². The highest BCUT2D eigenvalue weighted by Gasteiger charge is 2.47. The first-order valence-electron chi connectivity index (χ1n) is 10.7. The molecule has 6 heteroatoms. The summed E-state index contributed by atoms with van der Waals surface area (Å²) in [6.07, 6.45) is 0. The molecule has 0 saturated carbocycles. The van der Waals surface area contributed by atoms with Gasteiger partial charge in [0.25, 0.3) is 11.7 Å². The highest BCUT2D eigenvalue weighted by molar-refractivity contribution is 6.51. The predicted molar refractivity (Wildman–Crippen MR) is 127 cm³/mol. The van der Waals surface area contributed by atoms with Crippen LogP contribution in [-0.4, -0.2) is 30.5 Å². The van der Waals surface area contributed by atoms with Gasteiger partial charge in [0.05, 0.1) is 30.9 Å². The van der Waals surface area contributed by atoms with Crippen molar-refractivity contribution in [1.29, 1.82) is 0 Å². The first kappa shape index (κ1) is 22.1. The van der Waals surface area contributed by atoms with Crippen LogP contribution in [0.3, 0.4) is 0 Å². The number of aliphatic hydroxyl groups excluding tert-OH is 1. The fraction of sp³-hybridized carbons (Fsp3) is 0.185. The van der Waals surface area contributed by atoms with Crippen molar-refractivity contribution in [3.63, 3.8) is 0 Å². The normalized spacial score (nSPS) is 17.3. The van der Waals surface area contributed by atoms with Crippen molar-refractivity contribution in [2.75, 3.05) is 18.6 Å². The molecule has 1 aliphatic rings. The maximum atomic E-state index is 13.3. The molecule has 0 spiro atoms. The molecule has 3 aromatic carbocycles. The van der Waals surface area contributed by atoms with E-state index in [-0.39, 0.29) is 11.3 Å². The van der Waals surface area contributed by atoms with Crippen LogP contribution in [0.4, 0.5) is 5.69 Å². The Morgan fingerprint density at radius 3 is 2.48 bits per heavy atom. The predicted octanol–water partition coefficient (Wildman–Crippen LogP) is 5.03. The maximum Gasteiger partial charge on any atom is 0.300 e. The fourth-order valence-corrected chi connectivity index (χ4v) is 4.12. The summed E-state index contributed by atoms with van der Waals surface area (Å²) in [5.41, 5.74) is 2.51. The number of hydrogen-bond acceptors (Lipinski definition) is 5. The van der Waals surface area contributed by atoms with E-state index in [2.05, 4.69) is 0 Å². The van der Waals surface area contributed by atoms with Crippen molar-refractivity contribution in [3.8, 4) is 11.5 Å². The molecule has 1 amide bonds. The molecule has 1 heterocycles. The Morgan fingerprint density at radius 2 is 1.76 bits per heavy atom. The molecule has 0 radical (unpaired) electrons. The molecule has 0 aromatic heterocycles. The van der Waals surface area contributed by atoms with Crippen molar-refractivity contribution in [1.82, 2.24) is 0 Å². The van der Waals surface area contributed by atoms with Crippen LogP contribution in [0.25, 0.3) is 5.76 Å². The summed E-state index contributed by atoms with van der Waals surface area (Å²) in [4.78, 5) is 28.0. The number of ketones is 1. The van der Waals surface area contributed by atoms with Gasteiger partial charge >= 0.3 is 0 Å². The van der Waals surface area contributed by atoms with Crippen LogP contribution in [0.1, 0.15) is 29.7 Å². The average molecular weight is 443 g/mol. The number of carbonyl (C=O) groups is 2. The van der Waals surface area contributed by atoms with Gasteiger partial charge in [0, 0.05) is 5.69 Å². The Balaban J connectivity index is 1.97. The summed E-state index contributed by atoms with van der Waals surface area (Å²) in [6.45, 7) is 4.27. The number of nitrogens with zero attached hydrogens (tertiary/aromatic N) is 1. The molecule has 33 heavy (non-hydrogen) atoms. The number of aliphatic hydroxyl groups is 1. The topological polar surface area (TPSA) is 76.1 Å². The third kappa shape index (κ3) is 4.07. The number of Topliss-reactive ketones (excluding diaryl/α,β-unsaturated/α-hetero) is 1. The van der Waals surface area contributed by atoms with Gasteiger partial charge in [-0.05, 0) is 61.4 Å². The number of para-hydroxylation sites is 1. The van der Waals surface area contributed by atoms with Crippen LogP contribution in [0.2, 0.25) is 0 Å². The summed E-state index contributed by atoms with van der Waals surface area (Å²) in [5.74, 6) is -0.732. The Kier molecular flexibility index (Phi) is 6.18. The molecule has 0 bridgehead atoms. The minimum atomic E-state index is -0.836. The molecule has 1 aliphatic heterocycles. The van der Waals surface area contributed by atoms with Gasteiger partial charge in [0.1, 0.15) is 17.3 Å². The number of anilines is 1. The molecule has 6 nitrogen and oxygen atoms in total. The summed E-state index contributed by atoms with van der Waals surface area (Å²) in [7, 11) is 1.49. The van der Waals surface area contributed by atoms with Crippen LogP contribution in [0.15, 0.2) is 78.4 Å². The molecule has 168 valence electrons. The zero-order valence-electron chi connectivity index (χ0n) is 18.7. The van der Waals surface area contributed by atoms with Crippen LogP contribution in [0.5, 0.6) is 11.5 Å².